The molecule has 0 aliphatic carbocycles. The molecule has 1 unspecified atom stereocenters. The Morgan fingerprint density at radius 1 is 1.28 bits per heavy atom. The highest BCUT2D eigenvalue weighted by Crippen LogP contribution is 2.37. The minimum Gasteiger partial charge on any atom is -0.444 e. The molecule has 0 saturated heterocycles. The quantitative estimate of drug-likeness (QED) is 0.643. The van der Waals surface area contributed by atoms with Gasteiger partial charge in [0.25, 0.3) is 0 Å². The Morgan fingerprint density at radius 3 is 2.68 bits per heavy atom. The molecule has 1 atom stereocenters. The van der Waals surface area contributed by atoms with Gasteiger partial charge in [-0.2, -0.15) is 0 Å². The monoisotopic (exact) mass is 401 g/mol. The highest BCUT2D eigenvalue weighted by Gasteiger charge is 2.34. The molecule has 2 aromatic rings. The number of carbonyl (C=O) groups excluding carboxylic acids is 1. The second-order valence-corrected chi connectivity index (χ2v) is 7.84. The molecule has 1 heterocycles. The summed E-state index contributed by atoms with van der Waals surface area (Å²) in [5, 5.41) is 0. The van der Waals surface area contributed by atoms with Crippen LogP contribution >= 0.6 is 15.9 Å². The topological polar surface area (TPSA) is 29.5 Å². The van der Waals surface area contributed by atoms with E-state index in [1.165, 1.54) is 11.1 Å². The lowest BCUT2D eigenvalue weighted by atomic mass is 9.89. The molecule has 0 fully saturated rings. The highest BCUT2D eigenvalue weighted by molar-refractivity contribution is 9.10. The van der Waals surface area contributed by atoms with Crippen molar-refractivity contribution in [3.8, 4) is 0 Å². The number of ether oxygens (including phenoxy) is 1. The van der Waals surface area contributed by atoms with Crippen LogP contribution in [0.5, 0.6) is 0 Å². The summed E-state index contributed by atoms with van der Waals surface area (Å²) >= 11 is 3.60. The minimum absolute atomic E-state index is 0.158. The molecule has 2 aromatic carbocycles. The van der Waals surface area contributed by atoms with E-state index >= 15 is 0 Å². The van der Waals surface area contributed by atoms with Crippen molar-refractivity contribution < 1.29 is 9.53 Å². The summed E-state index contributed by atoms with van der Waals surface area (Å²) in [6.07, 6.45) is 1.69. The van der Waals surface area contributed by atoms with E-state index in [1.54, 1.807) is 0 Å². The Hall–Kier alpha value is -1.81. The molecule has 25 heavy (non-hydrogen) atoms. The molecular weight excluding hydrogens is 378 g/mol. The van der Waals surface area contributed by atoms with Gasteiger partial charge in [0.1, 0.15) is 6.61 Å². The maximum Gasteiger partial charge on any atom is 0.414 e. The minimum atomic E-state index is -0.265. The first-order valence-electron chi connectivity index (χ1n) is 8.76. The van der Waals surface area contributed by atoms with E-state index in [-0.39, 0.29) is 12.1 Å². The highest BCUT2D eigenvalue weighted by atomic mass is 79.9. The lowest BCUT2D eigenvalue weighted by Crippen LogP contribution is -2.46. The van der Waals surface area contributed by atoms with Gasteiger partial charge in [-0.25, -0.2) is 4.79 Å². The average Bonchev–Trinajstić information content (AvgIpc) is 2.60. The van der Waals surface area contributed by atoms with Crippen LogP contribution in [0.25, 0.3) is 0 Å². The largest absolute Gasteiger partial charge is 0.444 e. The third kappa shape index (κ3) is 3.90. The van der Waals surface area contributed by atoms with E-state index in [2.05, 4.69) is 48.8 Å². The van der Waals surface area contributed by atoms with Crippen molar-refractivity contribution in [2.24, 2.45) is 5.92 Å². The molecular formula is C21H24BrNO2. The molecule has 1 amide bonds. The summed E-state index contributed by atoms with van der Waals surface area (Å²) in [6.45, 7) is 6.70. The maximum absolute atomic E-state index is 12.9. The zero-order chi connectivity index (χ0) is 18.0. The third-order valence-corrected chi connectivity index (χ3v) is 5.69. The number of hydrogen-bond acceptors (Lipinski definition) is 2. The molecule has 0 radical (unpaired) electrons. The van der Waals surface area contributed by atoms with Crippen LogP contribution in [0.15, 0.2) is 46.9 Å². The Balaban J connectivity index is 1.88. The second-order valence-electron chi connectivity index (χ2n) is 6.99. The van der Waals surface area contributed by atoms with Crippen molar-refractivity contribution >= 4 is 27.7 Å². The Labute approximate surface area is 158 Å². The van der Waals surface area contributed by atoms with Gasteiger partial charge < -0.3 is 4.74 Å². The van der Waals surface area contributed by atoms with Gasteiger partial charge in [-0.1, -0.05) is 66.2 Å². The number of carbonyl (C=O) groups is 1. The fraction of sp³-hybridized carbons (Fsp3) is 0.381. The molecule has 0 spiro atoms. The van der Waals surface area contributed by atoms with Crippen LogP contribution < -0.4 is 4.90 Å². The zero-order valence-corrected chi connectivity index (χ0v) is 16.5. The third-order valence-electron chi connectivity index (χ3n) is 4.83. The summed E-state index contributed by atoms with van der Waals surface area (Å²) < 4.78 is 6.67. The van der Waals surface area contributed by atoms with Crippen LogP contribution in [0.1, 0.15) is 37.0 Å². The van der Waals surface area contributed by atoms with Crippen LogP contribution in [0, 0.1) is 12.8 Å². The van der Waals surface area contributed by atoms with Gasteiger partial charge in [0.05, 0.1) is 5.69 Å². The molecule has 1 aliphatic heterocycles. The van der Waals surface area contributed by atoms with Gasteiger partial charge in [0.15, 0.2) is 0 Å². The number of aryl methyl sites for hydroxylation is 2. The van der Waals surface area contributed by atoms with Crippen molar-refractivity contribution in [1.29, 1.82) is 0 Å². The smallest absolute Gasteiger partial charge is 0.414 e. The van der Waals surface area contributed by atoms with Crippen LogP contribution in [0.4, 0.5) is 10.5 Å². The first kappa shape index (κ1) is 18.0. The Kier molecular flexibility index (Phi) is 5.48. The lowest BCUT2D eigenvalue weighted by Gasteiger charge is -2.39. The Morgan fingerprint density at radius 2 is 2.00 bits per heavy atom. The van der Waals surface area contributed by atoms with Crippen molar-refractivity contribution in [2.75, 3.05) is 4.90 Å². The summed E-state index contributed by atoms with van der Waals surface area (Å²) in [6, 6.07) is 14.2. The molecule has 0 aromatic heterocycles. The predicted molar refractivity (Wildman–Crippen MR) is 105 cm³/mol. The molecule has 4 heteroatoms. The fourth-order valence-electron chi connectivity index (χ4n) is 3.42. The first-order valence-corrected chi connectivity index (χ1v) is 9.55. The summed E-state index contributed by atoms with van der Waals surface area (Å²) in [7, 11) is 0. The molecule has 132 valence electrons. The van der Waals surface area contributed by atoms with E-state index in [9.17, 15) is 4.79 Å². The van der Waals surface area contributed by atoms with E-state index < -0.39 is 0 Å². The first-order chi connectivity index (χ1) is 12.0. The van der Waals surface area contributed by atoms with Gasteiger partial charge in [-0.05, 0) is 48.4 Å². The van der Waals surface area contributed by atoms with E-state index in [4.69, 9.17) is 4.74 Å². The van der Waals surface area contributed by atoms with Gasteiger partial charge in [0.2, 0.25) is 0 Å². The van der Waals surface area contributed by atoms with Crippen molar-refractivity contribution in [1.82, 2.24) is 0 Å². The van der Waals surface area contributed by atoms with Crippen molar-refractivity contribution in [2.45, 2.75) is 46.3 Å². The summed E-state index contributed by atoms with van der Waals surface area (Å²) in [4.78, 5) is 14.8. The number of halogens is 1. The number of nitrogens with zero attached hydrogens (tertiary/aromatic N) is 1. The van der Waals surface area contributed by atoms with Gasteiger partial charge in [-0.3, -0.25) is 4.90 Å². The van der Waals surface area contributed by atoms with Gasteiger partial charge >= 0.3 is 6.09 Å². The Bertz CT molecular complexity index is 758. The number of benzene rings is 2. The maximum atomic E-state index is 12.9. The molecule has 3 rings (SSSR count). The molecule has 0 bridgehead atoms. The normalized spacial score (nSPS) is 16.7. The molecule has 0 N–H and O–H groups in total. The van der Waals surface area contributed by atoms with Gasteiger partial charge in [0, 0.05) is 10.5 Å². The van der Waals surface area contributed by atoms with E-state index in [0.717, 1.165) is 28.6 Å². The van der Waals surface area contributed by atoms with Crippen LogP contribution in [0.3, 0.4) is 0 Å². The number of fused-ring (bicyclic) bond motifs is 1. The van der Waals surface area contributed by atoms with Crippen LogP contribution in [-0.2, 0) is 17.8 Å². The van der Waals surface area contributed by atoms with Gasteiger partial charge in [-0.15, -0.1) is 0 Å². The zero-order valence-electron chi connectivity index (χ0n) is 15.0. The van der Waals surface area contributed by atoms with Crippen molar-refractivity contribution in [3.63, 3.8) is 0 Å². The second kappa shape index (κ2) is 7.61. The van der Waals surface area contributed by atoms with Crippen LogP contribution in [0.2, 0.25) is 0 Å². The average molecular weight is 402 g/mol. The summed E-state index contributed by atoms with van der Waals surface area (Å²) in [5.41, 5.74) is 4.38. The number of amides is 1. The van der Waals surface area contributed by atoms with Crippen molar-refractivity contribution in [3.05, 3.63) is 63.6 Å². The predicted octanol–water partition coefficient (Wildman–Crippen LogP) is 5.87. The van der Waals surface area contributed by atoms with Crippen LogP contribution in [-0.4, -0.2) is 12.1 Å². The molecule has 0 saturated carbocycles. The number of anilines is 1. The fourth-order valence-corrected chi connectivity index (χ4v) is 3.75. The number of rotatable bonds is 3. The van der Waals surface area contributed by atoms with E-state index in [1.807, 2.05) is 35.2 Å². The lowest BCUT2D eigenvalue weighted by molar-refractivity contribution is 0.141. The number of hydrogen-bond donors (Lipinski definition) is 0. The standard InChI is InChI=1S/C21H24BrNO2/c1-14(2)19-10-9-17-11-15(3)18(22)12-20(17)23(19)21(24)25-13-16-7-5-4-6-8-16/h4-8,11-12,14,19H,9-10,13H2,1-3H3. The van der Waals surface area contributed by atoms with E-state index in [0.29, 0.717) is 12.5 Å². The summed E-state index contributed by atoms with van der Waals surface area (Å²) in [5.74, 6) is 0.373. The molecule has 1 aliphatic rings. The SMILES string of the molecule is Cc1cc2c(cc1Br)N(C(=O)OCc1ccccc1)C(C(C)C)CC2. The molecule has 3 nitrogen and oxygen atoms in total.